The van der Waals surface area contributed by atoms with Gasteiger partial charge in [-0.3, -0.25) is 4.79 Å². The van der Waals surface area contributed by atoms with Crippen LogP contribution in [0.2, 0.25) is 0 Å². The normalized spacial score (nSPS) is 16.3. The fourth-order valence-corrected chi connectivity index (χ4v) is 4.15. The van der Waals surface area contributed by atoms with E-state index in [1.807, 2.05) is 50.2 Å². The minimum Gasteiger partial charge on any atom is -0.452 e. The number of amides is 1. The topological polar surface area (TPSA) is 55.8 Å². The SMILES string of the molecule is CC(C)OCc1ccc(C(=O)OCC(=O)N2CC[C@@H](C)Sc3ccccc32)cc1. The minimum atomic E-state index is -0.500. The van der Waals surface area contributed by atoms with Gasteiger partial charge in [-0.2, -0.15) is 0 Å². The number of thioether (sulfide) groups is 1. The molecule has 0 N–H and O–H groups in total. The van der Waals surface area contributed by atoms with Gasteiger partial charge < -0.3 is 14.4 Å². The average Bonchev–Trinajstić information content (AvgIpc) is 2.88. The molecule has 0 fully saturated rings. The Kier molecular flexibility index (Phi) is 7.34. The van der Waals surface area contributed by atoms with Gasteiger partial charge in [-0.1, -0.05) is 31.2 Å². The Balaban J connectivity index is 1.59. The molecule has 1 amide bonds. The predicted molar refractivity (Wildman–Crippen MR) is 115 cm³/mol. The molecular weight excluding hydrogens is 386 g/mol. The van der Waals surface area contributed by atoms with Crippen LogP contribution in [0.15, 0.2) is 53.4 Å². The van der Waals surface area contributed by atoms with Crippen molar-refractivity contribution in [2.45, 2.75) is 50.0 Å². The number of anilines is 1. The molecule has 6 heteroatoms. The van der Waals surface area contributed by atoms with Gasteiger partial charge in [0.2, 0.25) is 0 Å². The molecule has 0 aliphatic carbocycles. The lowest BCUT2D eigenvalue weighted by molar-refractivity contribution is -0.121. The molecule has 0 unspecified atom stereocenters. The minimum absolute atomic E-state index is 0.149. The van der Waals surface area contributed by atoms with Gasteiger partial charge in [0.1, 0.15) is 0 Å². The molecule has 3 rings (SSSR count). The molecule has 154 valence electrons. The number of carbonyl (C=O) groups excluding carboxylic acids is 2. The Labute approximate surface area is 176 Å². The van der Waals surface area contributed by atoms with Gasteiger partial charge in [-0.05, 0) is 50.1 Å². The monoisotopic (exact) mass is 413 g/mol. The molecule has 5 nitrogen and oxygen atoms in total. The van der Waals surface area contributed by atoms with Gasteiger partial charge >= 0.3 is 5.97 Å². The Morgan fingerprint density at radius 1 is 1.14 bits per heavy atom. The van der Waals surface area contributed by atoms with E-state index >= 15 is 0 Å². The number of carbonyl (C=O) groups is 2. The van der Waals surface area contributed by atoms with Crippen molar-refractivity contribution >= 4 is 29.3 Å². The Morgan fingerprint density at radius 2 is 1.86 bits per heavy atom. The number of nitrogens with zero attached hydrogens (tertiary/aromatic N) is 1. The molecule has 2 aromatic rings. The Morgan fingerprint density at radius 3 is 2.59 bits per heavy atom. The molecule has 0 saturated heterocycles. The summed E-state index contributed by atoms with van der Waals surface area (Å²) in [5.74, 6) is -0.706. The molecule has 0 saturated carbocycles. The van der Waals surface area contributed by atoms with Crippen LogP contribution in [0, 0.1) is 0 Å². The maximum absolute atomic E-state index is 12.8. The first-order valence-corrected chi connectivity index (χ1v) is 10.8. The second kappa shape index (κ2) is 9.94. The molecule has 1 aliphatic rings. The summed E-state index contributed by atoms with van der Waals surface area (Å²) in [5, 5.41) is 0.426. The van der Waals surface area contributed by atoms with Crippen molar-refractivity contribution in [3.8, 4) is 0 Å². The summed E-state index contributed by atoms with van der Waals surface area (Å²) in [6.07, 6.45) is 1.04. The quantitative estimate of drug-likeness (QED) is 0.643. The number of esters is 1. The number of hydrogen-bond acceptors (Lipinski definition) is 5. The molecule has 1 aliphatic heterocycles. The lowest BCUT2D eigenvalue weighted by Gasteiger charge is -2.22. The van der Waals surface area contributed by atoms with E-state index in [9.17, 15) is 9.59 Å². The van der Waals surface area contributed by atoms with E-state index in [2.05, 4.69) is 6.92 Å². The number of benzene rings is 2. The highest BCUT2D eigenvalue weighted by Crippen LogP contribution is 2.37. The maximum Gasteiger partial charge on any atom is 0.338 e. The third-order valence-electron chi connectivity index (χ3n) is 4.64. The third kappa shape index (κ3) is 5.84. The number of fused-ring (bicyclic) bond motifs is 1. The molecule has 1 heterocycles. The van der Waals surface area contributed by atoms with Crippen LogP contribution in [0.25, 0.3) is 0 Å². The fraction of sp³-hybridized carbons (Fsp3) is 0.391. The van der Waals surface area contributed by atoms with Crippen LogP contribution in [0.1, 0.15) is 43.1 Å². The van der Waals surface area contributed by atoms with E-state index in [0.717, 1.165) is 22.6 Å². The summed E-state index contributed by atoms with van der Waals surface area (Å²) in [5.41, 5.74) is 2.29. The smallest absolute Gasteiger partial charge is 0.338 e. The lowest BCUT2D eigenvalue weighted by atomic mass is 10.1. The molecule has 1 atom stereocenters. The van der Waals surface area contributed by atoms with Crippen LogP contribution in [-0.2, 0) is 20.9 Å². The largest absolute Gasteiger partial charge is 0.452 e. The standard InChI is InChI=1S/C23H27NO4S/c1-16(2)27-14-18-8-10-19(11-9-18)23(26)28-15-22(25)24-13-12-17(3)29-21-7-5-4-6-20(21)24/h4-11,16-17H,12-15H2,1-3H3/t17-/m1/s1. The highest BCUT2D eigenvalue weighted by molar-refractivity contribution is 8.00. The third-order valence-corrected chi connectivity index (χ3v) is 5.88. The van der Waals surface area contributed by atoms with E-state index in [-0.39, 0.29) is 18.6 Å². The van der Waals surface area contributed by atoms with Gasteiger partial charge in [0.25, 0.3) is 5.91 Å². The second-order valence-electron chi connectivity index (χ2n) is 7.36. The summed E-state index contributed by atoms with van der Waals surface area (Å²) in [6, 6.07) is 14.9. The first kappa shape index (κ1) is 21.4. The van der Waals surface area contributed by atoms with E-state index in [0.29, 0.717) is 24.0 Å². The summed E-state index contributed by atoms with van der Waals surface area (Å²) in [7, 11) is 0. The first-order chi connectivity index (χ1) is 13.9. The molecule has 0 bridgehead atoms. The lowest BCUT2D eigenvalue weighted by Crippen LogP contribution is -2.35. The van der Waals surface area contributed by atoms with Crippen molar-refractivity contribution in [3.05, 3.63) is 59.7 Å². The zero-order valence-corrected chi connectivity index (χ0v) is 17.9. The number of para-hydroxylation sites is 1. The van der Waals surface area contributed by atoms with Crippen molar-refractivity contribution < 1.29 is 19.1 Å². The maximum atomic E-state index is 12.8. The van der Waals surface area contributed by atoms with Crippen molar-refractivity contribution in [2.75, 3.05) is 18.1 Å². The van der Waals surface area contributed by atoms with E-state index < -0.39 is 5.97 Å². The van der Waals surface area contributed by atoms with Crippen LogP contribution < -0.4 is 4.90 Å². The van der Waals surface area contributed by atoms with Gasteiger partial charge in [0.05, 0.1) is 24.0 Å². The van der Waals surface area contributed by atoms with Gasteiger partial charge in [0, 0.05) is 16.7 Å². The van der Waals surface area contributed by atoms with Crippen LogP contribution in [0.3, 0.4) is 0 Å². The predicted octanol–water partition coefficient (Wildman–Crippen LogP) is 4.69. The molecular formula is C23H27NO4S. The summed E-state index contributed by atoms with van der Waals surface area (Å²) < 4.78 is 10.8. The summed E-state index contributed by atoms with van der Waals surface area (Å²) in [6.45, 7) is 6.95. The molecule has 29 heavy (non-hydrogen) atoms. The molecule has 0 radical (unpaired) electrons. The Hall–Kier alpha value is -2.31. The highest BCUT2D eigenvalue weighted by atomic mass is 32.2. The van der Waals surface area contributed by atoms with Crippen molar-refractivity contribution in [1.82, 2.24) is 0 Å². The van der Waals surface area contributed by atoms with Crippen molar-refractivity contribution in [3.63, 3.8) is 0 Å². The van der Waals surface area contributed by atoms with E-state index in [4.69, 9.17) is 9.47 Å². The molecule has 2 aromatic carbocycles. The van der Waals surface area contributed by atoms with Crippen LogP contribution in [0.4, 0.5) is 5.69 Å². The zero-order valence-electron chi connectivity index (χ0n) is 17.1. The Bertz CT molecular complexity index is 850. The second-order valence-corrected chi connectivity index (χ2v) is 8.84. The molecule has 0 aromatic heterocycles. The van der Waals surface area contributed by atoms with Crippen LogP contribution >= 0.6 is 11.8 Å². The van der Waals surface area contributed by atoms with E-state index in [1.165, 1.54) is 0 Å². The van der Waals surface area contributed by atoms with Gasteiger partial charge in [-0.15, -0.1) is 11.8 Å². The van der Waals surface area contributed by atoms with Gasteiger partial charge in [-0.25, -0.2) is 4.79 Å². The van der Waals surface area contributed by atoms with Gasteiger partial charge in [0.15, 0.2) is 6.61 Å². The van der Waals surface area contributed by atoms with Crippen LogP contribution in [0.5, 0.6) is 0 Å². The number of rotatable bonds is 6. The zero-order chi connectivity index (χ0) is 20.8. The summed E-state index contributed by atoms with van der Waals surface area (Å²) in [4.78, 5) is 27.9. The number of hydrogen-bond donors (Lipinski definition) is 0. The first-order valence-electron chi connectivity index (χ1n) is 9.87. The number of ether oxygens (including phenoxy) is 2. The average molecular weight is 414 g/mol. The fourth-order valence-electron chi connectivity index (χ4n) is 3.03. The summed E-state index contributed by atoms with van der Waals surface area (Å²) >= 11 is 1.77. The van der Waals surface area contributed by atoms with E-state index in [1.54, 1.807) is 28.8 Å². The molecule has 0 spiro atoms. The van der Waals surface area contributed by atoms with Crippen molar-refractivity contribution in [1.29, 1.82) is 0 Å². The highest BCUT2D eigenvalue weighted by Gasteiger charge is 2.25. The van der Waals surface area contributed by atoms with Crippen molar-refractivity contribution in [2.24, 2.45) is 0 Å². The van der Waals surface area contributed by atoms with Crippen LogP contribution in [-0.4, -0.2) is 36.4 Å².